The molecule has 0 heterocycles. The van der Waals surface area contributed by atoms with E-state index in [-0.39, 0.29) is 10.8 Å². The molecule has 0 aliphatic carbocycles. The molecule has 2 rings (SSSR count). The first-order valence-electron chi connectivity index (χ1n) is 6.87. The third-order valence-electron chi connectivity index (χ3n) is 3.61. The maximum absolute atomic E-state index is 10.2. The second-order valence-electron chi connectivity index (χ2n) is 7.40. The molecule has 0 radical (unpaired) electrons. The quantitative estimate of drug-likeness (QED) is 0.692. The fourth-order valence-corrected chi connectivity index (χ4v) is 2.57. The molecule has 2 aromatic carbocycles. The van der Waals surface area contributed by atoms with E-state index in [1.165, 1.54) is 10.9 Å². The predicted octanol–water partition coefficient (Wildman–Crippen LogP) is 5.14. The van der Waals surface area contributed by atoms with E-state index in [2.05, 4.69) is 65.8 Å². The molecule has 0 atom stereocenters. The summed E-state index contributed by atoms with van der Waals surface area (Å²) in [5.41, 5.74) is 2.39. The Morgan fingerprint density at radius 3 is 1.89 bits per heavy atom. The average Bonchev–Trinajstić information content (AvgIpc) is 2.24. The molecular weight excluding hydrogens is 232 g/mol. The molecule has 0 bridgehead atoms. The monoisotopic (exact) mass is 256 g/mol. The Morgan fingerprint density at radius 1 is 0.789 bits per heavy atom. The van der Waals surface area contributed by atoms with E-state index < -0.39 is 0 Å². The van der Waals surface area contributed by atoms with Crippen LogP contribution >= 0.6 is 0 Å². The normalized spacial score (nSPS) is 12.9. The lowest BCUT2D eigenvalue weighted by molar-refractivity contribution is 0.447. The Kier molecular flexibility index (Phi) is 3.12. The first kappa shape index (κ1) is 13.9. The zero-order chi connectivity index (χ0) is 14.4. The van der Waals surface area contributed by atoms with Crippen LogP contribution in [0.15, 0.2) is 30.3 Å². The zero-order valence-electron chi connectivity index (χ0n) is 12.8. The number of hydrogen-bond donors (Lipinski definition) is 1. The maximum Gasteiger partial charge on any atom is 0.119 e. The van der Waals surface area contributed by atoms with Crippen molar-refractivity contribution >= 4 is 10.8 Å². The van der Waals surface area contributed by atoms with E-state index in [1.54, 1.807) is 0 Å². The van der Waals surface area contributed by atoms with E-state index >= 15 is 0 Å². The molecular formula is C18H24O. The van der Waals surface area contributed by atoms with Crippen LogP contribution in [0.5, 0.6) is 5.75 Å². The summed E-state index contributed by atoms with van der Waals surface area (Å²) < 4.78 is 0. The van der Waals surface area contributed by atoms with Crippen molar-refractivity contribution in [3.8, 4) is 5.75 Å². The van der Waals surface area contributed by atoms with Gasteiger partial charge in [-0.3, -0.25) is 0 Å². The number of hydrogen-bond acceptors (Lipinski definition) is 1. The SMILES string of the molecule is CC(C)(C)c1cc2c(C(C)(C)C)cccc2cc1O. The van der Waals surface area contributed by atoms with Gasteiger partial charge < -0.3 is 5.11 Å². The number of phenolic OH excluding ortho intramolecular Hbond substituents is 1. The highest BCUT2D eigenvalue weighted by Gasteiger charge is 2.22. The van der Waals surface area contributed by atoms with Crippen LogP contribution in [0, 0.1) is 0 Å². The summed E-state index contributed by atoms with van der Waals surface area (Å²) in [6, 6.07) is 10.4. The molecule has 2 aromatic rings. The van der Waals surface area contributed by atoms with E-state index in [0.29, 0.717) is 5.75 Å². The summed E-state index contributed by atoms with van der Waals surface area (Å²) in [5, 5.41) is 12.6. The van der Waals surface area contributed by atoms with Crippen LogP contribution in [-0.4, -0.2) is 5.11 Å². The third-order valence-corrected chi connectivity index (χ3v) is 3.61. The molecule has 0 amide bonds. The molecule has 0 aliphatic rings. The maximum atomic E-state index is 10.2. The van der Waals surface area contributed by atoms with Gasteiger partial charge >= 0.3 is 0 Å². The molecule has 0 fully saturated rings. The van der Waals surface area contributed by atoms with Crippen LogP contribution in [0.2, 0.25) is 0 Å². The summed E-state index contributed by atoms with van der Waals surface area (Å²) in [6.07, 6.45) is 0. The van der Waals surface area contributed by atoms with E-state index in [4.69, 9.17) is 0 Å². The van der Waals surface area contributed by atoms with Gasteiger partial charge in [-0.2, -0.15) is 0 Å². The van der Waals surface area contributed by atoms with Crippen LogP contribution in [-0.2, 0) is 10.8 Å². The van der Waals surface area contributed by atoms with Gasteiger partial charge in [-0.25, -0.2) is 0 Å². The highest BCUT2D eigenvalue weighted by atomic mass is 16.3. The van der Waals surface area contributed by atoms with Gasteiger partial charge in [-0.1, -0.05) is 59.7 Å². The molecule has 1 N–H and O–H groups in total. The van der Waals surface area contributed by atoms with Crippen molar-refractivity contribution in [2.75, 3.05) is 0 Å². The van der Waals surface area contributed by atoms with Gasteiger partial charge in [0.05, 0.1) is 0 Å². The van der Waals surface area contributed by atoms with Gasteiger partial charge in [0.2, 0.25) is 0 Å². The number of fused-ring (bicyclic) bond motifs is 1. The van der Waals surface area contributed by atoms with E-state index in [9.17, 15) is 5.11 Å². The molecule has 19 heavy (non-hydrogen) atoms. The van der Waals surface area contributed by atoms with E-state index in [0.717, 1.165) is 10.9 Å². The van der Waals surface area contributed by atoms with Crippen molar-refractivity contribution in [1.29, 1.82) is 0 Å². The lowest BCUT2D eigenvalue weighted by Crippen LogP contribution is -2.14. The molecule has 102 valence electrons. The molecule has 1 nitrogen and oxygen atoms in total. The largest absolute Gasteiger partial charge is 0.508 e. The molecule has 1 heteroatoms. The Hall–Kier alpha value is -1.50. The smallest absolute Gasteiger partial charge is 0.119 e. The summed E-state index contributed by atoms with van der Waals surface area (Å²) in [4.78, 5) is 0. The van der Waals surface area contributed by atoms with Crippen LogP contribution in [0.1, 0.15) is 52.7 Å². The Labute approximate surface area is 116 Å². The fourth-order valence-electron chi connectivity index (χ4n) is 2.57. The van der Waals surface area contributed by atoms with Gasteiger partial charge in [0, 0.05) is 0 Å². The molecule has 0 aliphatic heterocycles. The predicted molar refractivity (Wildman–Crippen MR) is 83.0 cm³/mol. The highest BCUT2D eigenvalue weighted by Crippen LogP contribution is 2.37. The van der Waals surface area contributed by atoms with Gasteiger partial charge in [0.1, 0.15) is 5.75 Å². The summed E-state index contributed by atoms with van der Waals surface area (Å²) in [5.74, 6) is 0.394. The number of phenols is 1. The highest BCUT2D eigenvalue weighted by molar-refractivity contribution is 5.89. The molecule has 0 spiro atoms. The van der Waals surface area contributed by atoms with Crippen molar-refractivity contribution < 1.29 is 5.11 Å². The lowest BCUT2D eigenvalue weighted by atomic mass is 9.80. The van der Waals surface area contributed by atoms with Crippen LogP contribution in [0.25, 0.3) is 10.8 Å². The minimum absolute atomic E-state index is 0.0523. The standard InChI is InChI=1S/C18H24O/c1-17(2,3)14-9-7-8-12-10-16(19)15(11-13(12)14)18(4,5)6/h7-11,19H,1-6H3. The summed E-state index contributed by atoms with van der Waals surface area (Å²) >= 11 is 0. The van der Waals surface area contributed by atoms with Gasteiger partial charge in [0.25, 0.3) is 0 Å². The van der Waals surface area contributed by atoms with E-state index in [1.807, 2.05) is 6.07 Å². The Morgan fingerprint density at radius 2 is 1.37 bits per heavy atom. The van der Waals surface area contributed by atoms with Crippen LogP contribution in [0.4, 0.5) is 0 Å². The third kappa shape index (κ3) is 2.60. The molecule has 0 saturated heterocycles. The zero-order valence-corrected chi connectivity index (χ0v) is 12.8. The fraction of sp³-hybridized carbons (Fsp3) is 0.444. The van der Waals surface area contributed by atoms with Crippen LogP contribution in [0.3, 0.4) is 0 Å². The first-order valence-corrected chi connectivity index (χ1v) is 6.87. The van der Waals surface area contributed by atoms with Crippen molar-refractivity contribution in [2.24, 2.45) is 0 Å². The number of benzene rings is 2. The summed E-state index contributed by atoms with van der Waals surface area (Å²) in [7, 11) is 0. The van der Waals surface area contributed by atoms with Crippen molar-refractivity contribution in [3.63, 3.8) is 0 Å². The topological polar surface area (TPSA) is 20.2 Å². The van der Waals surface area contributed by atoms with Crippen molar-refractivity contribution in [2.45, 2.75) is 52.4 Å². The summed E-state index contributed by atoms with van der Waals surface area (Å²) in [6.45, 7) is 13.1. The Bertz CT molecular complexity index is 610. The number of rotatable bonds is 0. The second kappa shape index (κ2) is 4.26. The second-order valence-corrected chi connectivity index (χ2v) is 7.40. The number of aromatic hydroxyl groups is 1. The minimum Gasteiger partial charge on any atom is -0.508 e. The van der Waals surface area contributed by atoms with Gasteiger partial charge in [0.15, 0.2) is 0 Å². The van der Waals surface area contributed by atoms with Crippen LogP contribution < -0.4 is 0 Å². The average molecular weight is 256 g/mol. The van der Waals surface area contributed by atoms with Gasteiger partial charge in [-0.05, 0) is 44.9 Å². The lowest BCUT2D eigenvalue weighted by Gasteiger charge is -2.25. The Balaban J connectivity index is 2.83. The van der Waals surface area contributed by atoms with Gasteiger partial charge in [-0.15, -0.1) is 0 Å². The van der Waals surface area contributed by atoms with Crippen molar-refractivity contribution in [1.82, 2.24) is 0 Å². The first-order chi connectivity index (χ1) is 8.60. The van der Waals surface area contributed by atoms with Crippen molar-refractivity contribution in [3.05, 3.63) is 41.5 Å². The molecule has 0 aromatic heterocycles. The minimum atomic E-state index is -0.0523. The molecule has 0 unspecified atom stereocenters. The molecule has 0 saturated carbocycles.